The summed E-state index contributed by atoms with van der Waals surface area (Å²) < 4.78 is 0. The maximum atomic E-state index is 12.0. The Morgan fingerprint density at radius 2 is 1.86 bits per heavy atom. The Balaban J connectivity index is 2.05. The molecule has 1 aromatic carbocycles. The summed E-state index contributed by atoms with van der Waals surface area (Å²) >= 11 is 0. The van der Waals surface area contributed by atoms with Crippen LogP contribution < -0.4 is 11.1 Å². The van der Waals surface area contributed by atoms with Crippen molar-refractivity contribution in [1.29, 1.82) is 0 Å². The lowest BCUT2D eigenvalue weighted by Crippen LogP contribution is -2.28. The van der Waals surface area contributed by atoms with Gasteiger partial charge in [0.2, 0.25) is 5.91 Å². The Bertz CT molecular complexity index is 576. The van der Waals surface area contributed by atoms with E-state index >= 15 is 0 Å². The van der Waals surface area contributed by atoms with Gasteiger partial charge in [-0.1, -0.05) is 24.3 Å². The van der Waals surface area contributed by atoms with E-state index in [1.165, 1.54) is 0 Å². The number of carboxylic acid groups (broad SMARTS) is 1. The van der Waals surface area contributed by atoms with Crippen LogP contribution in [-0.2, 0) is 15.0 Å². The van der Waals surface area contributed by atoms with E-state index < -0.39 is 11.4 Å². The molecule has 0 bridgehead atoms. The van der Waals surface area contributed by atoms with E-state index in [9.17, 15) is 14.7 Å². The molecule has 0 fully saturated rings. The molecule has 21 heavy (non-hydrogen) atoms. The Morgan fingerprint density at radius 1 is 1.24 bits per heavy atom. The molecule has 0 saturated carbocycles. The highest BCUT2D eigenvalue weighted by Crippen LogP contribution is 2.25. The summed E-state index contributed by atoms with van der Waals surface area (Å²) in [7, 11) is 0. The van der Waals surface area contributed by atoms with E-state index in [2.05, 4.69) is 5.32 Å². The van der Waals surface area contributed by atoms with E-state index in [0.29, 0.717) is 17.7 Å². The van der Waals surface area contributed by atoms with Gasteiger partial charge in [-0.15, -0.1) is 0 Å². The zero-order valence-electron chi connectivity index (χ0n) is 12.2. The molecule has 0 aliphatic heterocycles. The third kappa shape index (κ3) is 3.31. The second-order valence-electron chi connectivity index (χ2n) is 5.89. The van der Waals surface area contributed by atoms with Crippen LogP contribution in [0.15, 0.2) is 36.4 Å². The van der Waals surface area contributed by atoms with Gasteiger partial charge in [-0.3, -0.25) is 9.59 Å². The predicted molar refractivity (Wildman–Crippen MR) is 81.0 cm³/mol. The van der Waals surface area contributed by atoms with Crippen LogP contribution in [0.4, 0.5) is 5.69 Å². The molecular formula is C16H20N2O3. The number of hydrogen-bond acceptors (Lipinski definition) is 3. The van der Waals surface area contributed by atoms with Crippen LogP contribution in [0, 0.1) is 5.92 Å². The summed E-state index contributed by atoms with van der Waals surface area (Å²) in [4.78, 5) is 23.2. The van der Waals surface area contributed by atoms with E-state index in [1.807, 2.05) is 12.2 Å². The second-order valence-corrected chi connectivity index (χ2v) is 5.89. The Labute approximate surface area is 123 Å². The van der Waals surface area contributed by atoms with Gasteiger partial charge in [0.05, 0.1) is 11.3 Å². The first kappa shape index (κ1) is 15.3. The smallest absolute Gasteiger partial charge is 0.313 e. The molecule has 5 nitrogen and oxygen atoms in total. The van der Waals surface area contributed by atoms with Crippen molar-refractivity contribution in [3.63, 3.8) is 0 Å². The number of benzene rings is 1. The molecule has 2 unspecified atom stereocenters. The van der Waals surface area contributed by atoms with Crippen LogP contribution in [0.5, 0.6) is 0 Å². The molecule has 4 N–H and O–H groups in total. The van der Waals surface area contributed by atoms with Gasteiger partial charge < -0.3 is 16.2 Å². The fourth-order valence-electron chi connectivity index (χ4n) is 2.25. The highest BCUT2D eigenvalue weighted by Gasteiger charge is 2.29. The Hall–Kier alpha value is -2.14. The van der Waals surface area contributed by atoms with E-state index in [-0.39, 0.29) is 17.9 Å². The van der Waals surface area contributed by atoms with Crippen molar-refractivity contribution in [3.8, 4) is 0 Å². The minimum Gasteiger partial charge on any atom is -0.481 e. The first-order chi connectivity index (χ1) is 9.80. The lowest BCUT2D eigenvalue weighted by molar-refractivity contribution is -0.142. The number of nitrogens with two attached hydrogens (primary N) is 1. The van der Waals surface area contributed by atoms with Crippen molar-refractivity contribution < 1.29 is 14.7 Å². The number of carbonyl (C=O) groups is 2. The molecule has 0 radical (unpaired) electrons. The van der Waals surface area contributed by atoms with E-state index in [0.717, 1.165) is 0 Å². The number of amides is 1. The quantitative estimate of drug-likeness (QED) is 0.738. The summed E-state index contributed by atoms with van der Waals surface area (Å²) in [5.74, 6) is -1.18. The molecular weight excluding hydrogens is 268 g/mol. The average Bonchev–Trinajstić information content (AvgIpc) is 2.86. The number of carbonyl (C=O) groups excluding carboxylic acids is 1. The van der Waals surface area contributed by atoms with Crippen LogP contribution in [0.1, 0.15) is 25.8 Å². The number of aliphatic carboxylic acids is 1. The second kappa shape index (κ2) is 5.69. The SMILES string of the molecule is CC(C)(C(=O)O)c1ccc(NC(=O)C2C=CC(N)C2)cc1. The minimum absolute atomic E-state index is 0.0560. The van der Waals surface area contributed by atoms with Crippen LogP contribution in [0.2, 0.25) is 0 Å². The highest BCUT2D eigenvalue weighted by molar-refractivity contribution is 5.94. The van der Waals surface area contributed by atoms with Crippen molar-refractivity contribution >= 4 is 17.6 Å². The minimum atomic E-state index is -0.955. The van der Waals surface area contributed by atoms with Gasteiger partial charge in [0.15, 0.2) is 0 Å². The monoisotopic (exact) mass is 288 g/mol. The standard InChI is InChI=1S/C16H20N2O3/c1-16(2,15(20)21)11-4-7-13(8-5-11)18-14(19)10-3-6-12(17)9-10/h3-8,10,12H,9,17H2,1-2H3,(H,18,19)(H,20,21). The lowest BCUT2D eigenvalue weighted by atomic mass is 9.85. The van der Waals surface area contributed by atoms with Crippen molar-refractivity contribution in [2.45, 2.75) is 31.7 Å². The van der Waals surface area contributed by atoms with Gasteiger partial charge in [0.25, 0.3) is 0 Å². The van der Waals surface area contributed by atoms with Crippen LogP contribution in [-0.4, -0.2) is 23.0 Å². The number of hydrogen-bond donors (Lipinski definition) is 3. The van der Waals surface area contributed by atoms with Gasteiger partial charge in [0.1, 0.15) is 0 Å². The first-order valence-electron chi connectivity index (χ1n) is 6.89. The molecule has 1 aliphatic carbocycles. The van der Waals surface area contributed by atoms with Gasteiger partial charge >= 0.3 is 5.97 Å². The van der Waals surface area contributed by atoms with Gasteiger partial charge in [-0.2, -0.15) is 0 Å². The van der Waals surface area contributed by atoms with Crippen molar-refractivity contribution in [1.82, 2.24) is 0 Å². The molecule has 1 aliphatic rings. The number of anilines is 1. The maximum absolute atomic E-state index is 12.0. The molecule has 1 aromatic rings. The average molecular weight is 288 g/mol. The molecule has 112 valence electrons. The fraction of sp³-hybridized carbons (Fsp3) is 0.375. The fourth-order valence-corrected chi connectivity index (χ4v) is 2.25. The van der Waals surface area contributed by atoms with Crippen molar-refractivity contribution in [2.75, 3.05) is 5.32 Å². The topological polar surface area (TPSA) is 92.4 Å². The third-order valence-electron chi connectivity index (χ3n) is 3.86. The number of rotatable bonds is 4. The first-order valence-corrected chi connectivity index (χ1v) is 6.89. The summed E-state index contributed by atoms with van der Waals surface area (Å²) in [5.41, 5.74) is 6.12. The van der Waals surface area contributed by atoms with E-state index in [4.69, 9.17) is 5.73 Å². The molecule has 0 heterocycles. The maximum Gasteiger partial charge on any atom is 0.313 e. The largest absolute Gasteiger partial charge is 0.481 e. The van der Waals surface area contributed by atoms with Gasteiger partial charge in [0, 0.05) is 11.7 Å². The van der Waals surface area contributed by atoms with Crippen LogP contribution >= 0.6 is 0 Å². The molecule has 0 spiro atoms. The summed E-state index contributed by atoms with van der Waals surface area (Å²) in [6.07, 6.45) is 4.28. The molecule has 0 aromatic heterocycles. The zero-order valence-corrected chi connectivity index (χ0v) is 12.2. The Kier molecular flexibility index (Phi) is 4.14. The normalized spacial score (nSPS) is 21.3. The highest BCUT2D eigenvalue weighted by atomic mass is 16.4. The predicted octanol–water partition coefficient (Wildman–Crippen LogP) is 1.89. The Morgan fingerprint density at radius 3 is 2.33 bits per heavy atom. The zero-order chi connectivity index (χ0) is 15.6. The summed E-state index contributed by atoms with van der Waals surface area (Å²) in [6.45, 7) is 3.29. The lowest BCUT2D eigenvalue weighted by Gasteiger charge is -2.20. The number of nitrogens with one attached hydrogen (secondary N) is 1. The van der Waals surface area contributed by atoms with Gasteiger partial charge in [-0.05, 0) is 38.0 Å². The third-order valence-corrected chi connectivity index (χ3v) is 3.86. The molecule has 2 rings (SSSR count). The van der Waals surface area contributed by atoms with Crippen LogP contribution in [0.25, 0.3) is 0 Å². The molecule has 2 atom stereocenters. The molecule has 1 amide bonds. The molecule has 0 saturated heterocycles. The molecule has 5 heteroatoms. The van der Waals surface area contributed by atoms with E-state index in [1.54, 1.807) is 38.1 Å². The summed E-state index contributed by atoms with van der Waals surface area (Å²) in [6, 6.07) is 6.83. The van der Waals surface area contributed by atoms with Gasteiger partial charge in [-0.25, -0.2) is 0 Å². The summed E-state index contributed by atoms with van der Waals surface area (Å²) in [5, 5.41) is 12.0. The van der Waals surface area contributed by atoms with Crippen molar-refractivity contribution in [2.24, 2.45) is 11.7 Å². The van der Waals surface area contributed by atoms with Crippen molar-refractivity contribution in [3.05, 3.63) is 42.0 Å². The number of carboxylic acids is 1. The van der Waals surface area contributed by atoms with Crippen LogP contribution in [0.3, 0.4) is 0 Å².